The molecule has 2 heterocycles. The van der Waals surface area contributed by atoms with E-state index in [1.54, 1.807) is 13.2 Å². The minimum Gasteiger partial charge on any atom is -0.359 e. The molecule has 2 saturated carbocycles. The lowest BCUT2D eigenvalue weighted by atomic mass is 9.81. The molecule has 0 radical (unpaired) electrons. The minimum absolute atomic E-state index is 0.0989. The molecule has 0 aromatic carbocycles. The summed E-state index contributed by atoms with van der Waals surface area (Å²) in [7, 11) is 1.69. The topological polar surface area (TPSA) is 88.9 Å². The summed E-state index contributed by atoms with van der Waals surface area (Å²) in [5.74, 6) is 0.596. The van der Waals surface area contributed by atoms with E-state index in [2.05, 4.69) is 25.2 Å². The summed E-state index contributed by atoms with van der Waals surface area (Å²) in [5, 5.41) is 5.77. The largest absolute Gasteiger partial charge is 0.359 e. The fourth-order valence-corrected chi connectivity index (χ4v) is 4.66. The highest BCUT2D eigenvalue weighted by atomic mass is 16.2. The van der Waals surface area contributed by atoms with Crippen LogP contribution in [0.5, 0.6) is 0 Å². The normalized spacial score (nSPS) is 23.0. The fourth-order valence-electron chi connectivity index (χ4n) is 4.66. The lowest BCUT2D eigenvalue weighted by molar-refractivity contribution is -0.125. The quantitative estimate of drug-likeness (QED) is 0.831. The molecule has 7 heteroatoms. The summed E-state index contributed by atoms with van der Waals surface area (Å²) < 4.78 is 2.16. The molecule has 7 nitrogen and oxygen atoms in total. The Labute approximate surface area is 165 Å². The van der Waals surface area contributed by atoms with E-state index in [4.69, 9.17) is 0 Å². The number of aromatic nitrogens is 3. The van der Waals surface area contributed by atoms with Gasteiger partial charge >= 0.3 is 0 Å². The van der Waals surface area contributed by atoms with Crippen LogP contribution in [0.3, 0.4) is 0 Å². The zero-order valence-corrected chi connectivity index (χ0v) is 16.5. The van der Waals surface area contributed by atoms with Crippen LogP contribution in [0, 0.1) is 11.8 Å². The minimum atomic E-state index is -0.0989. The molecule has 2 aliphatic carbocycles. The first-order valence-corrected chi connectivity index (χ1v) is 10.5. The van der Waals surface area contributed by atoms with Gasteiger partial charge < -0.3 is 15.2 Å². The monoisotopic (exact) mass is 383 g/mol. The predicted molar refractivity (Wildman–Crippen MR) is 107 cm³/mol. The van der Waals surface area contributed by atoms with Crippen molar-refractivity contribution < 1.29 is 9.59 Å². The number of pyridine rings is 1. The van der Waals surface area contributed by atoms with Gasteiger partial charge in [0, 0.05) is 31.7 Å². The van der Waals surface area contributed by atoms with Crippen molar-refractivity contribution in [3.63, 3.8) is 0 Å². The maximum Gasteiger partial charge on any atom is 0.252 e. The first kappa shape index (κ1) is 18.9. The van der Waals surface area contributed by atoms with Crippen molar-refractivity contribution in [2.24, 2.45) is 11.8 Å². The van der Waals surface area contributed by atoms with E-state index in [0.717, 1.165) is 36.8 Å². The number of carbonyl (C=O) groups is 2. The van der Waals surface area contributed by atoms with E-state index < -0.39 is 0 Å². The molecule has 2 aromatic rings. The predicted octanol–water partition coefficient (Wildman–Crippen LogP) is 2.83. The van der Waals surface area contributed by atoms with Crippen molar-refractivity contribution in [3.05, 3.63) is 24.2 Å². The SMILES string of the molecule is CNC(=O)C1CCC(CNC(=O)c2cnc3c(c2)ncn3C2CCCC2)CC1. The van der Waals surface area contributed by atoms with E-state index in [9.17, 15) is 9.59 Å². The van der Waals surface area contributed by atoms with Gasteiger partial charge in [-0.1, -0.05) is 12.8 Å². The molecule has 150 valence electrons. The average molecular weight is 383 g/mol. The highest BCUT2D eigenvalue weighted by Gasteiger charge is 2.26. The molecule has 0 saturated heterocycles. The summed E-state index contributed by atoms with van der Waals surface area (Å²) in [6.45, 7) is 0.647. The van der Waals surface area contributed by atoms with E-state index in [0.29, 0.717) is 24.1 Å². The third kappa shape index (κ3) is 3.88. The molecule has 28 heavy (non-hydrogen) atoms. The van der Waals surface area contributed by atoms with Gasteiger partial charge in [0.1, 0.15) is 5.52 Å². The van der Waals surface area contributed by atoms with Gasteiger partial charge in [-0.15, -0.1) is 0 Å². The molecular weight excluding hydrogens is 354 g/mol. The van der Waals surface area contributed by atoms with Crippen LogP contribution in [0.2, 0.25) is 0 Å². The van der Waals surface area contributed by atoms with Crippen molar-refractivity contribution in [1.29, 1.82) is 0 Å². The average Bonchev–Trinajstić information content (AvgIpc) is 3.40. The summed E-state index contributed by atoms with van der Waals surface area (Å²) in [4.78, 5) is 33.3. The Balaban J connectivity index is 1.34. The standard InChI is InChI=1S/C21H29N5O2/c1-22-20(27)15-8-6-14(7-9-15)11-24-21(28)16-10-18-19(23-12-16)26(13-25-18)17-4-2-3-5-17/h10,12-15,17H,2-9,11H2,1H3,(H,22,27)(H,24,28). The van der Waals surface area contributed by atoms with Crippen molar-refractivity contribution >= 4 is 23.0 Å². The molecule has 0 atom stereocenters. The van der Waals surface area contributed by atoms with Crippen LogP contribution >= 0.6 is 0 Å². The van der Waals surface area contributed by atoms with Gasteiger partial charge in [0.15, 0.2) is 5.65 Å². The Morgan fingerprint density at radius 3 is 2.57 bits per heavy atom. The number of rotatable bonds is 5. The number of carbonyl (C=O) groups excluding carboxylic acids is 2. The first-order chi connectivity index (χ1) is 13.7. The number of hydrogen-bond acceptors (Lipinski definition) is 4. The summed E-state index contributed by atoms with van der Waals surface area (Å²) in [6.07, 6.45) is 12.1. The highest BCUT2D eigenvalue weighted by Crippen LogP contribution is 2.31. The first-order valence-electron chi connectivity index (χ1n) is 10.5. The lowest BCUT2D eigenvalue weighted by Crippen LogP contribution is -2.35. The van der Waals surface area contributed by atoms with E-state index >= 15 is 0 Å². The van der Waals surface area contributed by atoms with E-state index in [1.165, 1.54) is 25.7 Å². The second-order valence-corrected chi connectivity index (χ2v) is 8.20. The smallest absolute Gasteiger partial charge is 0.252 e. The molecule has 2 amide bonds. The van der Waals surface area contributed by atoms with Crippen molar-refractivity contribution in [2.75, 3.05) is 13.6 Å². The zero-order chi connectivity index (χ0) is 19.5. The van der Waals surface area contributed by atoms with Gasteiger partial charge in [-0.05, 0) is 50.5 Å². The third-order valence-corrected chi connectivity index (χ3v) is 6.41. The van der Waals surface area contributed by atoms with Crippen molar-refractivity contribution in [3.8, 4) is 0 Å². The third-order valence-electron chi connectivity index (χ3n) is 6.41. The van der Waals surface area contributed by atoms with Crippen LogP contribution in [0.1, 0.15) is 67.8 Å². The van der Waals surface area contributed by atoms with Gasteiger partial charge in [-0.3, -0.25) is 9.59 Å². The molecule has 2 aliphatic rings. The van der Waals surface area contributed by atoms with Crippen LogP contribution < -0.4 is 10.6 Å². The second-order valence-electron chi connectivity index (χ2n) is 8.20. The molecular formula is C21H29N5O2. The Hall–Kier alpha value is -2.44. The number of imidazole rings is 1. The van der Waals surface area contributed by atoms with Gasteiger partial charge in [0.25, 0.3) is 5.91 Å². The Morgan fingerprint density at radius 1 is 1.11 bits per heavy atom. The number of hydrogen-bond donors (Lipinski definition) is 2. The van der Waals surface area contributed by atoms with Gasteiger partial charge in [-0.2, -0.15) is 0 Å². The molecule has 4 rings (SSSR count). The molecule has 0 aliphatic heterocycles. The number of fused-ring (bicyclic) bond motifs is 1. The molecule has 2 aromatic heterocycles. The molecule has 2 fully saturated rings. The Morgan fingerprint density at radius 2 is 1.86 bits per heavy atom. The second kappa shape index (κ2) is 8.29. The molecule has 0 bridgehead atoms. The van der Waals surface area contributed by atoms with Crippen LogP contribution in [0.4, 0.5) is 0 Å². The maximum atomic E-state index is 12.6. The zero-order valence-electron chi connectivity index (χ0n) is 16.5. The number of amides is 2. The summed E-state index contributed by atoms with van der Waals surface area (Å²) >= 11 is 0. The Kier molecular flexibility index (Phi) is 5.59. The van der Waals surface area contributed by atoms with Gasteiger partial charge in [0.2, 0.25) is 5.91 Å². The van der Waals surface area contributed by atoms with E-state index in [-0.39, 0.29) is 17.7 Å². The molecule has 0 spiro atoms. The summed E-state index contributed by atoms with van der Waals surface area (Å²) in [5.41, 5.74) is 2.21. The summed E-state index contributed by atoms with van der Waals surface area (Å²) in [6, 6.07) is 2.33. The maximum absolute atomic E-state index is 12.6. The number of nitrogens with one attached hydrogen (secondary N) is 2. The molecule has 0 unspecified atom stereocenters. The lowest BCUT2D eigenvalue weighted by Gasteiger charge is -2.27. The van der Waals surface area contributed by atoms with E-state index in [1.807, 2.05) is 12.4 Å². The van der Waals surface area contributed by atoms with Gasteiger partial charge in [-0.25, -0.2) is 9.97 Å². The highest BCUT2D eigenvalue weighted by molar-refractivity contribution is 5.96. The van der Waals surface area contributed by atoms with Crippen LogP contribution in [0.25, 0.3) is 11.2 Å². The van der Waals surface area contributed by atoms with Crippen LogP contribution in [0.15, 0.2) is 18.6 Å². The van der Waals surface area contributed by atoms with Crippen LogP contribution in [-0.2, 0) is 4.79 Å². The molecule has 2 N–H and O–H groups in total. The fraction of sp³-hybridized carbons (Fsp3) is 0.619. The van der Waals surface area contributed by atoms with Crippen LogP contribution in [-0.4, -0.2) is 39.9 Å². The van der Waals surface area contributed by atoms with Gasteiger partial charge in [0.05, 0.1) is 11.9 Å². The van der Waals surface area contributed by atoms with Crippen molar-refractivity contribution in [1.82, 2.24) is 25.2 Å². The van der Waals surface area contributed by atoms with Crippen molar-refractivity contribution in [2.45, 2.75) is 57.4 Å². The Bertz CT molecular complexity index is 848. The number of nitrogens with zero attached hydrogens (tertiary/aromatic N) is 3.